The molecule has 1 aliphatic heterocycles. The van der Waals surface area contributed by atoms with E-state index in [1.165, 1.54) is 16.7 Å². The van der Waals surface area contributed by atoms with Crippen molar-refractivity contribution < 1.29 is 22.7 Å². The molecule has 0 radical (unpaired) electrons. The van der Waals surface area contributed by atoms with Gasteiger partial charge in [-0.1, -0.05) is 0 Å². The molecule has 0 saturated carbocycles. The predicted octanol–water partition coefficient (Wildman–Crippen LogP) is 1.85. The number of nitrogens with zero attached hydrogens (tertiary/aromatic N) is 5. The highest BCUT2D eigenvalue weighted by Crippen LogP contribution is 2.29. The molecule has 3 rings (SSSR count). The fourth-order valence-electron chi connectivity index (χ4n) is 2.94. The lowest BCUT2D eigenvalue weighted by atomic mass is 10.2. The Labute approximate surface area is 164 Å². The summed E-state index contributed by atoms with van der Waals surface area (Å²) >= 11 is 0. The summed E-state index contributed by atoms with van der Waals surface area (Å²) in [5, 5.41) is 0. The number of amidine groups is 1. The Morgan fingerprint density at radius 1 is 1.45 bits per heavy atom. The lowest BCUT2D eigenvalue weighted by Crippen LogP contribution is -2.47. The molecule has 0 aromatic carbocycles. The van der Waals surface area contributed by atoms with E-state index in [9.17, 15) is 18.0 Å². The standard InChI is InChI=1S/C18H19F3N6O2/c1-3-14(26-6-7-29-13(10-26)16(22)28)25-17(23-2)12-8-24-15-5-4-11(9-27(12)15)18(19,20)21/h3-5,8-9,13H,2,6-7,10H2,1H3,(H2,22,28)/b14-3+,25-17?/t13-/m1/s1. The van der Waals surface area contributed by atoms with Crippen molar-refractivity contribution in [1.82, 2.24) is 14.3 Å². The largest absolute Gasteiger partial charge is 0.417 e. The average molecular weight is 408 g/mol. The molecule has 8 nitrogen and oxygen atoms in total. The Balaban J connectivity index is 1.98. The van der Waals surface area contributed by atoms with Crippen LogP contribution in [-0.4, -0.2) is 58.5 Å². The number of hydrogen-bond acceptors (Lipinski definition) is 5. The number of carbonyl (C=O) groups excluding carboxylic acids is 1. The molecule has 154 valence electrons. The third-order valence-electron chi connectivity index (χ3n) is 4.40. The maximum absolute atomic E-state index is 13.1. The second kappa shape index (κ2) is 8.03. The molecule has 1 fully saturated rings. The first-order valence-electron chi connectivity index (χ1n) is 8.67. The van der Waals surface area contributed by atoms with Gasteiger partial charge in [0.15, 0.2) is 11.9 Å². The number of aliphatic imine (C=N–C) groups is 2. The highest BCUT2D eigenvalue weighted by molar-refractivity contribution is 6.01. The zero-order valence-electron chi connectivity index (χ0n) is 15.6. The van der Waals surface area contributed by atoms with Gasteiger partial charge in [-0.05, 0) is 31.9 Å². The number of allylic oxidation sites excluding steroid dienone is 1. The molecule has 11 heteroatoms. The molecule has 0 bridgehead atoms. The van der Waals surface area contributed by atoms with E-state index in [0.717, 1.165) is 12.3 Å². The van der Waals surface area contributed by atoms with Gasteiger partial charge in [-0.25, -0.2) is 15.0 Å². The van der Waals surface area contributed by atoms with Crippen molar-refractivity contribution in [3.05, 3.63) is 47.7 Å². The summed E-state index contributed by atoms with van der Waals surface area (Å²) in [7, 11) is 0. The minimum absolute atomic E-state index is 0.0899. The number of halogens is 3. The van der Waals surface area contributed by atoms with E-state index in [-0.39, 0.29) is 24.7 Å². The number of morpholine rings is 1. The lowest BCUT2D eigenvalue weighted by Gasteiger charge is -2.33. The van der Waals surface area contributed by atoms with E-state index in [1.807, 2.05) is 0 Å². The zero-order valence-corrected chi connectivity index (χ0v) is 15.6. The van der Waals surface area contributed by atoms with Crippen LogP contribution in [0.25, 0.3) is 5.65 Å². The SMILES string of the molecule is C=NC(=N/C(=C\C)N1CCO[C@@H](C(N)=O)C1)c1cnc2ccc(C(F)(F)F)cn12. The molecule has 1 aliphatic rings. The Bertz CT molecular complexity index is 995. The summed E-state index contributed by atoms with van der Waals surface area (Å²) in [5.41, 5.74) is 5.05. The molecule has 1 saturated heterocycles. The van der Waals surface area contributed by atoms with Gasteiger partial charge in [0.05, 0.1) is 24.9 Å². The number of amides is 1. The number of rotatable bonds is 4. The number of imidazole rings is 1. The van der Waals surface area contributed by atoms with Gasteiger partial charge in [0.25, 0.3) is 0 Å². The summed E-state index contributed by atoms with van der Waals surface area (Å²) < 4.78 is 45.8. The van der Waals surface area contributed by atoms with Gasteiger partial charge in [-0.2, -0.15) is 13.2 Å². The Kier molecular flexibility index (Phi) is 5.69. The van der Waals surface area contributed by atoms with E-state index < -0.39 is 23.8 Å². The minimum atomic E-state index is -4.50. The van der Waals surface area contributed by atoms with Crippen molar-refractivity contribution >= 4 is 24.1 Å². The number of carbonyl (C=O) groups is 1. The molecule has 3 heterocycles. The summed E-state index contributed by atoms with van der Waals surface area (Å²) in [5.74, 6) is -0.0337. The van der Waals surface area contributed by atoms with Gasteiger partial charge >= 0.3 is 6.18 Å². The summed E-state index contributed by atoms with van der Waals surface area (Å²) in [4.78, 5) is 25.6. The normalized spacial score (nSPS) is 18.9. The Morgan fingerprint density at radius 2 is 2.21 bits per heavy atom. The van der Waals surface area contributed by atoms with Crippen LogP contribution in [0.3, 0.4) is 0 Å². The monoisotopic (exact) mass is 408 g/mol. The molecule has 0 aliphatic carbocycles. The smallest absolute Gasteiger partial charge is 0.367 e. The maximum atomic E-state index is 13.1. The lowest BCUT2D eigenvalue weighted by molar-refractivity contribution is -0.138. The van der Waals surface area contributed by atoms with Crippen LogP contribution in [-0.2, 0) is 15.7 Å². The van der Waals surface area contributed by atoms with Crippen LogP contribution in [0.5, 0.6) is 0 Å². The van der Waals surface area contributed by atoms with Crippen molar-refractivity contribution in [2.45, 2.75) is 19.2 Å². The third-order valence-corrected chi connectivity index (χ3v) is 4.40. The predicted molar refractivity (Wildman–Crippen MR) is 101 cm³/mol. The first-order chi connectivity index (χ1) is 13.7. The highest BCUT2D eigenvalue weighted by Gasteiger charge is 2.31. The minimum Gasteiger partial charge on any atom is -0.367 e. The van der Waals surface area contributed by atoms with Crippen LogP contribution < -0.4 is 5.73 Å². The van der Waals surface area contributed by atoms with E-state index in [2.05, 4.69) is 21.7 Å². The quantitative estimate of drug-likeness (QED) is 0.617. The van der Waals surface area contributed by atoms with E-state index in [0.29, 0.717) is 18.0 Å². The number of primary amides is 1. The van der Waals surface area contributed by atoms with E-state index >= 15 is 0 Å². The van der Waals surface area contributed by atoms with Crippen LogP contribution in [0.1, 0.15) is 18.2 Å². The average Bonchev–Trinajstić information content (AvgIpc) is 3.11. The van der Waals surface area contributed by atoms with Crippen molar-refractivity contribution in [2.24, 2.45) is 15.7 Å². The summed E-state index contributed by atoms with van der Waals surface area (Å²) in [6.07, 6.45) is -1.27. The topological polar surface area (TPSA) is 97.6 Å². The van der Waals surface area contributed by atoms with Crippen LogP contribution in [0, 0.1) is 0 Å². The van der Waals surface area contributed by atoms with Gasteiger partial charge in [-0.3, -0.25) is 9.20 Å². The molecular formula is C18H19F3N6O2. The second-order valence-corrected chi connectivity index (χ2v) is 6.24. The molecule has 2 N–H and O–H groups in total. The van der Waals surface area contributed by atoms with Crippen LogP contribution >= 0.6 is 0 Å². The number of alkyl halides is 3. The molecule has 0 unspecified atom stereocenters. The molecule has 1 atom stereocenters. The first-order valence-corrected chi connectivity index (χ1v) is 8.67. The number of pyridine rings is 1. The van der Waals surface area contributed by atoms with Crippen LogP contribution in [0.15, 0.2) is 46.4 Å². The number of aromatic nitrogens is 2. The summed E-state index contributed by atoms with van der Waals surface area (Å²) in [6, 6.07) is 2.22. The number of fused-ring (bicyclic) bond motifs is 1. The molecule has 2 aromatic rings. The second-order valence-electron chi connectivity index (χ2n) is 6.24. The Morgan fingerprint density at radius 3 is 2.83 bits per heavy atom. The van der Waals surface area contributed by atoms with Gasteiger partial charge in [0.2, 0.25) is 5.91 Å². The fourth-order valence-corrected chi connectivity index (χ4v) is 2.94. The van der Waals surface area contributed by atoms with Crippen LogP contribution in [0.2, 0.25) is 0 Å². The number of nitrogens with two attached hydrogens (primary N) is 1. The maximum Gasteiger partial charge on any atom is 0.417 e. The van der Waals surface area contributed by atoms with Crippen molar-refractivity contribution in [3.8, 4) is 0 Å². The van der Waals surface area contributed by atoms with Gasteiger partial charge < -0.3 is 15.4 Å². The molecule has 1 amide bonds. The van der Waals surface area contributed by atoms with Gasteiger partial charge in [0, 0.05) is 12.7 Å². The molecular weight excluding hydrogens is 389 g/mol. The fraction of sp³-hybridized carbons (Fsp3) is 0.333. The van der Waals surface area contributed by atoms with Crippen molar-refractivity contribution in [1.29, 1.82) is 0 Å². The zero-order chi connectivity index (χ0) is 21.2. The van der Waals surface area contributed by atoms with Gasteiger partial charge in [0.1, 0.15) is 17.2 Å². The number of hydrogen-bond donors (Lipinski definition) is 1. The molecule has 0 spiro atoms. The molecule has 2 aromatic heterocycles. The van der Waals surface area contributed by atoms with E-state index in [4.69, 9.17) is 10.5 Å². The van der Waals surface area contributed by atoms with Crippen molar-refractivity contribution in [2.75, 3.05) is 19.7 Å². The Hall–Kier alpha value is -3.21. The number of ether oxygens (including phenoxy) is 1. The van der Waals surface area contributed by atoms with E-state index in [1.54, 1.807) is 17.9 Å². The van der Waals surface area contributed by atoms with Gasteiger partial charge in [-0.15, -0.1) is 0 Å². The molecule has 29 heavy (non-hydrogen) atoms. The van der Waals surface area contributed by atoms with Crippen molar-refractivity contribution in [3.63, 3.8) is 0 Å². The third kappa shape index (κ3) is 4.29. The first kappa shape index (κ1) is 20.5. The highest BCUT2D eigenvalue weighted by atomic mass is 19.4. The summed E-state index contributed by atoms with van der Waals surface area (Å²) in [6.45, 7) is 6.17. The van der Waals surface area contributed by atoms with Crippen LogP contribution in [0.4, 0.5) is 13.2 Å².